The van der Waals surface area contributed by atoms with Gasteiger partial charge in [0.25, 0.3) is 0 Å². The molecule has 0 aliphatic rings. The number of aromatic nitrogens is 1. The molecule has 0 saturated heterocycles. The molecule has 0 saturated carbocycles. The second kappa shape index (κ2) is 6.22. The molecule has 112 valence electrons. The molecule has 1 aromatic carbocycles. The molecule has 0 spiro atoms. The smallest absolute Gasteiger partial charge is 0.316 e. The van der Waals surface area contributed by atoms with Gasteiger partial charge >= 0.3 is 5.97 Å². The molecule has 0 unspecified atom stereocenters. The maximum absolute atomic E-state index is 11.1. The van der Waals surface area contributed by atoms with E-state index in [2.05, 4.69) is 4.98 Å². The van der Waals surface area contributed by atoms with Gasteiger partial charge in [-0.15, -0.1) is 11.8 Å². The third-order valence-electron chi connectivity index (χ3n) is 3.07. The van der Waals surface area contributed by atoms with Crippen molar-refractivity contribution in [3.63, 3.8) is 0 Å². The van der Waals surface area contributed by atoms with Gasteiger partial charge in [0.1, 0.15) is 22.3 Å². The number of fused-ring (bicyclic) bond motifs is 1. The zero-order valence-corrected chi connectivity index (χ0v) is 13.2. The quantitative estimate of drug-likeness (QED) is 0.856. The second-order valence-corrected chi connectivity index (χ2v) is 5.94. The van der Waals surface area contributed by atoms with Crippen LogP contribution in [0.1, 0.15) is 12.6 Å². The summed E-state index contributed by atoms with van der Waals surface area (Å²) in [4.78, 5) is 16.4. The fraction of sp³-hybridized carbons (Fsp3) is 0.333. The summed E-state index contributed by atoms with van der Waals surface area (Å²) in [6, 6.07) is 5.46. The monoisotopic (exact) mass is 307 g/mol. The SMILES string of the molecule is COc1ccc(OC)c2c(S[C@@H](C)C(=O)O)cc(C)nc12. The van der Waals surface area contributed by atoms with E-state index in [4.69, 9.17) is 14.6 Å². The minimum absolute atomic E-state index is 0.564. The first kappa shape index (κ1) is 15.4. The number of carbonyl (C=O) groups is 1. The number of thioether (sulfide) groups is 1. The van der Waals surface area contributed by atoms with Crippen molar-refractivity contribution in [2.75, 3.05) is 14.2 Å². The van der Waals surface area contributed by atoms with Crippen LogP contribution in [0.2, 0.25) is 0 Å². The van der Waals surface area contributed by atoms with Gasteiger partial charge in [0.05, 0.1) is 19.6 Å². The summed E-state index contributed by atoms with van der Waals surface area (Å²) in [5.41, 5.74) is 1.48. The molecule has 0 fully saturated rings. The number of rotatable bonds is 5. The number of aryl methyl sites for hydroxylation is 1. The first-order chi connectivity index (χ1) is 9.97. The molecule has 6 heteroatoms. The Kier molecular flexibility index (Phi) is 4.57. The summed E-state index contributed by atoms with van der Waals surface area (Å²) >= 11 is 1.27. The van der Waals surface area contributed by atoms with Gasteiger partial charge in [-0.25, -0.2) is 4.98 Å². The van der Waals surface area contributed by atoms with Crippen LogP contribution in [0.5, 0.6) is 11.5 Å². The Morgan fingerprint density at radius 2 is 1.90 bits per heavy atom. The Morgan fingerprint density at radius 3 is 2.48 bits per heavy atom. The van der Waals surface area contributed by atoms with Crippen LogP contribution in [0.4, 0.5) is 0 Å². The van der Waals surface area contributed by atoms with E-state index in [9.17, 15) is 4.79 Å². The predicted octanol–water partition coefficient (Wildman–Crippen LogP) is 3.13. The number of methoxy groups -OCH3 is 2. The average Bonchev–Trinajstić information content (AvgIpc) is 2.45. The normalized spacial score (nSPS) is 12.2. The number of carboxylic acid groups (broad SMARTS) is 1. The number of hydrogen-bond acceptors (Lipinski definition) is 5. The first-order valence-electron chi connectivity index (χ1n) is 6.39. The maximum atomic E-state index is 11.1. The number of carboxylic acids is 1. The number of pyridine rings is 1. The van der Waals surface area contributed by atoms with Crippen LogP contribution in [-0.4, -0.2) is 35.5 Å². The lowest BCUT2D eigenvalue weighted by atomic mass is 10.1. The minimum atomic E-state index is -0.857. The lowest BCUT2D eigenvalue weighted by molar-refractivity contribution is -0.136. The van der Waals surface area contributed by atoms with E-state index in [1.165, 1.54) is 11.8 Å². The van der Waals surface area contributed by atoms with Crippen LogP contribution < -0.4 is 9.47 Å². The molecule has 21 heavy (non-hydrogen) atoms. The molecule has 0 radical (unpaired) electrons. The van der Waals surface area contributed by atoms with E-state index in [-0.39, 0.29) is 0 Å². The van der Waals surface area contributed by atoms with E-state index in [1.54, 1.807) is 33.3 Å². The Morgan fingerprint density at radius 1 is 1.29 bits per heavy atom. The number of ether oxygens (including phenoxy) is 2. The summed E-state index contributed by atoms with van der Waals surface area (Å²) in [7, 11) is 3.16. The van der Waals surface area contributed by atoms with E-state index in [0.29, 0.717) is 17.0 Å². The number of aliphatic carboxylic acids is 1. The highest BCUT2D eigenvalue weighted by atomic mass is 32.2. The van der Waals surface area contributed by atoms with Crippen molar-refractivity contribution in [3.05, 3.63) is 23.9 Å². The van der Waals surface area contributed by atoms with Gasteiger partial charge in [-0.2, -0.15) is 0 Å². The Balaban J connectivity index is 2.71. The first-order valence-corrected chi connectivity index (χ1v) is 7.27. The zero-order chi connectivity index (χ0) is 15.6. The Labute approximate surface area is 127 Å². The third-order valence-corrected chi connectivity index (χ3v) is 4.20. The molecule has 0 bridgehead atoms. The third kappa shape index (κ3) is 3.05. The van der Waals surface area contributed by atoms with Crippen molar-refractivity contribution in [2.45, 2.75) is 24.0 Å². The van der Waals surface area contributed by atoms with Gasteiger partial charge < -0.3 is 14.6 Å². The molecule has 2 aromatic rings. The highest BCUT2D eigenvalue weighted by Gasteiger charge is 2.19. The molecule has 0 aliphatic carbocycles. The molecule has 0 amide bonds. The van der Waals surface area contributed by atoms with E-state index in [1.807, 2.05) is 13.0 Å². The lowest BCUT2D eigenvalue weighted by Crippen LogP contribution is -2.11. The summed E-state index contributed by atoms with van der Waals surface area (Å²) in [6.07, 6.45) is 0. The second-order valence-electron chi connectivity index (χ2n) is 4.55. The molecule has 5 nitrogen and oxygen atoms in total. The van der Waals surface area contributed by atoms with Crippen LogP contribution in [0, 0.1) is 6.92 Å². The fourth-order valence-electron chi connectivity index (χ4n) is 2.04. The topological polar surface area (TPSA) is 68.7 Å². The zero-order valence-electron chi connectivity index (χ0n) is 12.3. The van der Waals surface area contributed by atoms with E-state index >= 15 is 0 Å². The van der Waals surface area contributed by atoms with Gasteiger partial charge in [0.15, 0.2) is 0 Å². The van der Waals surface area contributed by atoms with Gasteiger partial charge in [-0.1, -0.05) is 0 Å². The summed E-state index contributed by atoms with van der Waals surface area (Å²) in [5.74, 6) is 0.433. The van der Waals surface area contributed by atoms with Crippen molar-refractivity contribution in [3.8, 4) is 11.5 Å². The van der Waals surface area contributed by atoms with E-state index in [0.717, 1.165) is 16.0 Å². The number of hydrogen-bond donors (Lipinski definition) is 1. The largest absolute Gasteiger partial charge is 0.496 e. The van der Waals surface area contributed by atoms with Crippen LogP contribution in [0.3, 0.4) is 0 Å². The van der Waals surface area contributed by atoms with Crippen LogP contribution in [0.25, 0.3) is 10.9 Å². The summed E-state index contributed by atoms with van der Waals surface area (Å²) in [5, 5.41) is 9.33. The molecule has 2 rings (SSSR count). The molecule has 0 aliphatic heterocycles. The standard InChI is InChI=1S/C15H17NO4S/c1-8-7-12(21-9(2)15(17)18)13-10(19-3)5-6-11(20-4)14(13)16-8/h5-7,9H,1-4H3,(H,17,18)/t9-/m0/s1. The van der Waals surface area contributed by atoms with Crippen molar-refractivity contribution in [1.29, 1.82) is 0 Å². The predicted molar refractivity (Wildman–Crippen MR) is 82.5 cm³/mol. The Bertz CT molecular complexity index is 687. The minimum Gasteiger partial charge on any atom is -0.496 e. The molecule has 1 N–H and O–H groups in total. The molecular formula is C15H17NO4S. The van der Waals surface area contributed by atoms with Crippen LogP contribution in [0.15, 0.2) is 23.1 Å². The highest BCUT2D eigenvalue weighted by molar-refractivity contribution is 8.00. The van der Waals surface area contributed by atoms with E-state index < -0.39 is 11.2 Å². The van der Waals surface area contributed by atoms with Crippen molar-refractivity contribution in [2.24, 2.45) is 0 Å². The van der Waals surface area contributed by atoms with Gasteiger partial charge in [-0.3, -0.25) is 4.79 Å². The Hall–Kier alpha value is -1.95. The number of nitrogens with zero attached hydrogens (tertiary/aromatic N) is 1. The molecule has 1 aromatic heterocycles. The molecule has 1 heterocycles. The van der Waals surface area contributed by atoms with Crippen molar-refractivity contribution < 1.29 is 19.4 Å². The van der Waals surface area contributed by atoms with Crippen molar-refractivity contribution in [1.82, 2.24) is 4.98 Å². The van der Waals surface area contributed by atoms with Crippen molar-refractivity contribution >= 4 is 28.6 Å². The lowest BCUT2D eigenvalue weighted by Gasteiger charge is -2.15. The average molecular weight is 307 g/mol. The van der Waals surface area contributed by atoms with Crippen LogP contribution >= 0.6 is 11.8 Å². The van der Waals surface area contributed by atoms with Gasteiger partial charge in [0, 0.05) is 10.6 Å². The van der Waals surface area contributed by atoms with Gasteiger partial charge in [-0.05, 0) is 32.0 Å². The summed E-state index contributed by atoms with van der Waals surface area (Å²) < 4.78 is 10.7. The molecule has 1 atom stereocenters. The molecular weight excluding hydrogens is 290 g/mol. The van der Waals surface area contributed by atoms with Crippen LogP contribution in [-0.2, 0) is 4.79 Å². The van der Waals surface area contributed by atoms with Gasteiger partial charge in [0.2, 0.25) is 0 Å². The highest BCUT2D eigenvalue weighted by Crippen LogP contribution is 2.40. The maximum Gasteiger partial charge on any atom is 0.316 e. The summed E-state index contributed by atoms with van der Waals surface area (Å²) in [6.45, 7) is 3.52. The number of benzene rings is 1. The fourth-order valence-corrected chi connectivity index (χ4v) is 3.08.